The van der Waals surface area contributed by atoms with Crippen molar-refractivity contribution in [1.82, 2.24) is 19.2 Å². The third kappa shape index (κ3) is 6.19. The summed E-state index contributed by atoms with van der Waals surface area (Å²) in [6.45, 7) is 5.33. The van der Waals surface area contributed by atoms with Gasteiger partial charge in [0.2, 0.25) is 0 Å². The Bertz CT molecular complexity index is 1520. The molecule has 42 heavy (non-hydrogen) atoms. The number of ether oxygens (including phenoxy) is 2. The highest BCUT2D eigenvalue weighted by Crippen LogP contribution is 2.32. The van der Waals surface area contributed by atoms with Gasteiger partial charge in [0.05, 0.1) is 30.0 Å². The Labute approximate surface area is 244 Å². The zero-order valence-electron chi connectivity index (χ0n) is 24.9. The molecule has 2 fully saturated rings. The SMILES string of the molecule is CO[C@@H]1CCC[C@@H](CC(=O)c2cnn3c(N(C)C(=O)OC(C)(C)C)cc(Nc4cccn([C@H]5CC[C@@H]5O)c4=O)nc23)C1. The molecule has 3 heterocycles. The number of nitrogens with one attached hydrogen (secondary N) is 1. The standard InChI is InChI=1S/C30H40N6O6/c1-30(2,3)42-29(40)34(4)26-16-25(32-21-10-7-13-35(28(21)39)22-11-12-23(22)37)33-27-20(17-31-36(26)27)24(38)15-18-8-6-9-19(14-18)41-5/h7,10,13,16-19,22-23,37H,6,8-9,11-12,14-15H2,1-5H3,(H,32,33)/t18-,19-,22+,23+/m1/s1. The zero-order chi connectivity index (χ0) is 30.2. The second kappa shape index (κ2) is 11.8. The number of methoxy groups -OCH3 is 1. The van der Waals surface area contributed by atoms with Gasteiger partial charge < -0.3 is 24.5 Å². The monoisotopic (exact) mass is 580 g/mol. The van der Waals surface area contributed by atoms with Gasteiger partial charge in [-0.3, -0.25) is 14.5 Å². The topological polar surface area (TPSA) is 140 Å². The Kier molecular flexibility index (Phi) is 8.38. The van der Waals surface area contributed by atoms with E-state index in [1.807, 2.05) is 0 Å². The molecule has 0 bridgehead atoms. The van der Waals surface area contributed by atoms with E-state index in [0.29, 0.717) is 30.6 Å². The van der Waals surface area contributed by atoms with E-state index in [1.54, 1.807) is 59.3 Å². The zero-order valence-corrected chi connectivity index (χ0v) is 24.9. The summed E-state index contributed by atoms with van der Waals surface area (Å²) < 4.78 is 14.1. The maximum atomic E-state index is 13.6. The van der Waals surface area contributed by atoms with Crippen LogP contribution in [0.25, 0.3) is 5.65 Å². The number of ketones is 1. The molecule has 3 aromatic heterocycles. The third-order valence-electron chi connectivity index (χ3n) is 8.10. The van der Waals surface area contributed by atoms with E-state index >= 15 is 0 Å². The Morgan fingerprint density at radius 3 is 2.67 bits per heavy atom. The second-order valence-electron chi connectivity index (χ2n) is 12.3. The average Bonchev–Trinajstić information content (AvgIpc) is 3.37. The van der Waals surface area contributed by atoms with Crippen LogP contribution >= 0.6 is 0 Å². The molecular weight excluding hydrogens is 540 g/mol. The number of fused-ring (bicyclic) bond motifs is 1. The number of hydrogen-bond acceptors (Lipinski definition) is 9. The number of pyridine rings is 1. The molecule has 3 aromatic rings. The predicted octanol–water partition coefficient (Wildman–Crippen LogP) is 4.48. The van der Waals surface area contributed by atoms with E-state index in [0.717, 1.165) is 25.7 Å². The van der Waals surface area contributed by atoms with Crippen molar-refractivity contribution in [3.8, 4) is 0 Å². The van der Waals surface area contributed by atoms with E-state index in [4.69, 9.17) is 9.47 Å². The van der Waals surface area contributed by atoms with Crippen molar-refractivity contribution >= 4 is 34.8 Å². The highest BCUT2D eigenvalue weighted by atomic mass is 16.6. The molecule has 0 aliphatic heterocycles. The number of nitrogens with zero attached hydrogens (tertiary/aromatic N) is 5. The number of aliphatic hydroxyl groups is 1. The Morgan fingerprint density at radius 2 is 2.00 bits per heavy atom. The highest BCUT2D eigenvalue weighted by molar-refractivity contribution is 6.02. The Morgan fingerprint density at radius 1 is 1.21 bits per heavy atom. The van der Waals surface area contributed by atoms with Crippen molar-refractivity contribution in [3.05, 3.63) is 46.5 Å². The van der Waals surface area contributed by atoms with Crippen molar-refractivity contribution in [2.45, 2.75) is 89.6 Å². The van der Waals surface area contributed by atoms with Gasteiger partial charge in [-0.15, -0.1) is 0 Å². The average molecular weight is 581 g/mol. The number of carbonyl (C=O) groups excluding carboxylic acids is 2. The Hall–Kier alpha value is -3.77. The van der Waals surface area contributed by atoms with Crippen LogP contribution in [-0.2, 0) is 9.47 Å². The summed E-state index contributed by atoms with van der Waals surface area (Å²) in [5.41, 5.74) is -0.190. The first-order chi connectivity index (χ1) is 19.9. The number of aliphatic hydroxyl groups excluding tert-OH is 1. The lowest BCUT2D eigenvalue weighted by Gasteiger charge is -2.34. The lowest BCUT2D eigenvalue weighted by atomic mass is 9.83. The first-order valence-corrected chi connectivity index (χ1v) is 14.5. The molecule has 226 valence electrons. The van der Waals surface area contributed by atoms with Gasteiger partial charge >= 0.3 is 6.09 Å². The first kappa shape index (κ1) is 29.7. The minimum atomic E-state index is -0.731. The number of carbonyl (C=O) groups is 2. The summed E-state index contributed by atoms with van der Waals surface area (Å²) in [5, 5.41) is 17.6. The van der Waals surface area contributed by atoms with Crippen LogP contribution in [0.3, 0.4) is 0 Å². The number of aromatic nitrogens is 4. The maximum absolute atomic E-state index is 13.6. The molecule has 12 nitrogen and oxygen atoms in total. The minimum Gasteiger partial charge on any atom is -0.443 e. The van der Waals surface area contributed by atoms with E-state index in [9.17, 15) is 19.5 Å². The third-order valence-corrected chi connectivity index (χ3v) is 8.10. The fraction of sp³-hybridized carbons (Fsp3) is 0.567. The number of Topliss-reactive ketones (excluding diaryl/α,β-unsaturated/α-hetero) is 1. The van der Waals surface area contributed by atoms with Crippen molar-refractivity contribution in [3.63, 3.8) is 0 Å². The van der Waals surface area contributed by atoms with Gasteiger partial charge in [0.15, 0.2) is 11.4 Å². The van der Waals surface area contributed by atoms with Crippen molar-refractivity contribution in [1.29, 1.82) is 0 Å². The van der Waals surface area contributed by atoms with E-state index < -0.39 is 17.8 Å². The molecular formula is C30H40N6O6. The highest BCUT2D eigenvalue weighted by Gasteiger charge is 2.32. The van der Waals surface area contributed by atoms with Gasteiger partial charge in [0.1, 0.15) is 22.9 Å². The largest absolute Gasteiger partial charge is 0.443 e. The van der Waals surface area contributed by atoms with Crippen LogP contribution in [0.15, 0.2) is 35.4 Å². The van der Waals surface area contributed by atoms with Gasteiger partial charge in [0, 0.05) is 32.8 Å². The molecule has 2 aliphatic rings. The van der Waals surface area contributed by atoms with Gasteiger partial charge in [0.25, 0.3) is 5.56 Å². The molecule has 2 N–H and O–H groups in total. The molecule has 2 aliphatic carbocycles. The van der Waals surface area contributed by atoms with Gasteiger partial charge in [-0.2, -0.15) is 9.61 Å². The van der Waals surface area contributed by atoms with E-state index in [-0.39, 0.29) is 46.6 Å². The lowest BCUT2D eigenvalue weighted by molar-refractivity contribution is 0.0300. The van der Waals surface area contributed by atoms with Crippen LogP contribution in [0, 0.1) is 5.92 Å². The van der Waals surface area contributed by atoms with Crippen molar-refractivity contribution in [2.24, 2.45) is 5.92 Å². The number of hydrogen-bond donors (Lipinski definition) is 2. The normalized spacial score (nSPS) is 22.4. The summed E-state index contributed by atoms with van der Waals surface area (Å²) in [4.78, 5) is 45.9. The molecule has 0 radical (unpaired) electrons. The number of amides is 1. The van der Waals surface area contributed by atoms with Crippen LogP contribution < -0.4 is 15.8 Å². The quantitative estimate of drug-likeness (QED) is 0.369. The van der Waals surface area contributed by atoms with Crippen LogP contribution in [0.4, 0.5) is 22.1 Å². The molecule has 0 aromatic carbocycles. The fourth-order valence-electron chi connectivity index (χ4n) is 5.68. The van der Waals surface area contributed by atoms with Crippen LogP contribution in [0.2, 0.25) is 0 Å². The second-order valence-corrected chi connectivity index (χ2v) is 12.3. The lowest BCUT2D eigenvalue weighted by Crippen LogP contribution is -2.39. The summed E-state index contributed by atoms with van der Waals surface area (Å²) >= 11 is 0. The summed E-state index contributed by atoms with van der Waals surface area (Å²) in [6.07, 6.45) is 7.60. The van der Waals surface area contributed by atoms with Crippen LogP contribution in [0.1, 0.15) is 82.1 Å². The number of rotatable bonds is 8. The van der Waals surface area contributed by atoms with Gasteiger partial charge in [-0.05, 0) is 70.9 Å². The molecule has 0 unspecified atom stereocenters. The predicted molar refractivity (Wildman–Crippen MR) is 158 cm³/mol. The van der Waals surface area contributed by atoms with Gasteiger partial charge in [-0.25, -0.2) is 9.78 Å². The van der Waals surface area contributed by atoms with E-state index in [2.05, 4.69) is 15.4 Å². The van der Waals surface area contributed by atoms with Crippen LogP contribution in [0.5, 0.6) is 0 Å². The van der Waals surface area contributed by atoms with Crippen molar-refractivity contribution in [2.75, 3.05) is 24.4 Å². The molecule has 1 amide bonds. The van der Waals surface area contributed by atoms with E-state index in [1.165, 1.54) is 20.2 Å². The number of anilines is 3. The smallest absolute Gasteiger partial charge is 0.415 e. The first-order valence-electron chi connectivity index (χ1n) is 14.5. The maximum Gasteiger partial charge on any atom is 0.415 e. The molecule has 0 saturated heterocycles. The summed E-state index contributed by atoms with van der Waals surface area (Å²) in [6, 6.07) is 4.66. The molecule has 12 heteroatoms. The molecule has 2 saturated carbocycles. The Balaban J connectivity index is 1.52. The molecule has 4 atom stereocenters. The minimum absolute atomic E-state index is 0.0942. The van der Waals surface area contributed by atoms with Crippen molar-refractivity contribution < 1.29 is 24.2 Å². The summed E-state index contributed by atoms with van der Waals surface area (Å²) in [5.74, 6) is 0.659. The van der Waals surface area contributed by atoms with Crippen LogP contribution in [-0.4, -0.2) is 68.1 Å². The summed E-state index contributed by atoms with van der Waals surface area (Å²) in [7, 11) is 3.26. The molecule has 0 spiro atoms. The van der Waals surface area contributed by atoms with Gasteiger partial charge in [-0.1, -0.05) is 6.42 Å². The molecule has 5 rings (SSSR count). The fourth-order valence-corrected chi connectivity index (χ4v) is 5.68.